The lowest BCUT2D eigenvalue weighted by Gasteiger charge is -2.10. The van der Waals surface area contributed by atoms with E-state index in [4.69, 9.17) is 14.6 Å². The fraction of sp³-hybridized carbons (Fsp3) is 0.462. The maximum atomic E-state index is 10.7. The van der Waals surface area contributed by atoms with Crippen molar-refractivity contribution in [2.45, 2.75) is 29.9 Å². The molecular weight excluding hydrogens is 252 g/mol. The third-order valence-electron chi connectivity index (χ3n) is 2.88. The summed E-state index contributed by atoms with van der Waals surface area (Å²) in [6.45, 7) is 0. The Labute approximate surface area is 110 Å². The molecule has 0 amide bonds. The number of methoxy groups -OCH3 is 1. The fourth-order valence-electron chi connectivity index (χ4n) is 1.87. The third kappa shape index (κ3) is 3.40. The van der Waals surface area contributed by atoms with Gasteiger partial charge in [-0.2, -0.15) is 0 Å². The quantitative estimate of drug-likeness (QED) is 0.831. The van der Waals surface area contributed by atoms with Crippen LogP contribution in [0, 0.1) is 0 Å². The summed E-state index contributed by atoms with van der Waals surface area (Å²) in [5.41, 5.74) is 0. The number of carbonyl (C=O) groups is 1. The minimum Gasteiger partial charge on any atom is -0.497 e. The number of rotatable bonds is 5. The monoisotopic (exact) mass is 268 g/mol. The van der Waals surface area contributed by atoms with Gasteiger partial charge in [0.25, 0.3) is 0 Å². The molecule has 1 heterocycles. The van der Waals surface area contributed by atoms with Crippen molar-refractivity contribution >= 4 is 17.7 Å². The fourth-order valence-corrected chi connectivity index (χ4v) is 2.82. The van der Waals surface area contributed by atoms with Gasteiger partial charge in [0, 0.05) is 10.6 Å². The highest BCUT2D eigenvalue weighted by molar-refractivity contribution is 7.99. The zero-order valence-electron chi connectivity index (χ0n) is 10.2. The molecule has 0 radical (unpaired) electrons. The molecule has 0 spiro atoms. The van der Waals surface area contributed by atoms with Gasteiger partial charge >= 0.3 is 5.97 Å². The van der Waals surface area contributed by atoms with Gasteiger partial charge in [0.2, 0.25) is 0 Å². The molecule has 1 aromatic rings. The zero-order chi connectivity index (χ0) is 13.0. The number of carboxylic acid groups (broad SMARTS) is 1. The zero-order valence-corrected chi connectivity index (χ0v) is 11.0. The standard InChI is InChI=1S/C13H16O4S/c1-16-9-2-5-11(6-3-9)18-8-10-4-7-12(17-10)13(14)15/h2-3,5-6,10,12H,4,7-8H2,1H3,(H,14,15). The minimum absolute atomic E-state index is 0.0400. The molecule has 0 saturated carbocycles. The Balaban J connectivity index is 1.79. The Bertz CT molecular complexity index is 404. The maximum Gasteiger partial charge on any atom is 0.332 e. The molecule has 5 heteroatoms. The van der Waals surface area contributed by atoms with Gasteiger partial charge in [0.1, 0.15) is 5.75 Å². The first-order chi connectivity index (χ1) is 8.69. The highest BCUT2D eigenvalue weighted by atomic mass is 32.2. The van der Waals surface area contributed by atoms with Crippen LogP contribution in [0.4, 0.5) is 0 Å². The van der Waals surface area contributed by atoms with E-state index in [0.29, 0.717) is 6.42 Å². The van der Waals surface area contributed by atoms with E-state index in [1.807, 2.05) is 24.3 Å². The number of ether oxygens (including phenoxy) is 2. The van der Waals surface area contributed by atoms with Crippen LogP contribution >= 0.6 is 11.8 Å². The van der Waals surface area contributed by atoms with Crippen molar-refractivity contribution in [2.75, 3.05) is 12.9 Å². The first-order valence-electron chi connectivity index (χ1n) is 5.84. The van der Waals surface area contributed by atoms with Gasteiger partial charge in [0.15, 0.2) is 6.10 Å². The van der Waals surface area contributed by atoms with Crippen LogP contribution in [-0.4, -0.2) is 36.1 Å². The Morgan fingerprint density at radius 3 is 2.72 bits per heavy atom. The van der Waals surface area contributed by atoms with Crippen molar-refractivity contribution in [2.24, 2.45) is 0 Å². The maximum absolute atomic E-state index is 10.7. The molecule has 18 heavy (non-hydrogen) atoms. The summed E-state index contributed by atoms with van der Waals surface area (Å²) < 4.78 is 10.5. The molecular formula is C13H16O4S. The largest absolute Gasteiger partial charge is 0.497 e. The van der Waals surface area contributed by atoms with Gasteiger partial charge in [-0.1, -0.05) is 0 Å². The second kappa shape index (κ2) is 6.11. The molecule has 1 saturated heterocycles. The van der Waals surface area contributed by atoms with Crippen LogP contribution in [0.3, 0.4) is 0 Å². The average Bonchev–Trinajstić information content (AvgIpc) is 2.86. The van der Waals surface area contributed by atoms with Crippen LogP contribution in [-0.2, 0) is 9.53 Å². The van der Waals surface area contributed by atoms with Gasteiger partial charge in [0.05, 0.1) is 13.2 Å². The summed E-state index contributed by atoms with van der Waals surface area (Å²) in [7, 11) is 1.64. The molecule has 2 atom stereocenters. The molecule has 4 nitrogen and oxygen atoms in total. The van der Waals surface area contributed by atoms with Gasteiger partial charge in [-0.15, -0.1) is 11.8 Å². The van der Waals surface area contributed by atoms with Crippen molar-refractivity contribution in [1.82, 2.24) is 0 Å². The van der Waals surface area contributed by atoms with Crippen molar-refractivity contribution in [3.63, 3.8) is 0 Å². The highest BCUT2D eigenvalue weighted by Crippen LogP contribution is 2.27. The Morgan fingerprint density at radius 1 is 1.44 bits per heavy atom. The summed E-state index contributed by atoms with van der Waals surface area (Å²) in [6, 6.07) is 7.82. The molecule has 98 valence electrons. The third-order valence-corrected chi connectivity index (χ3v) is 4.02. The summed E-state index contributed by atoms with van der Waals surface area (Å²) in [6.07, 6.45) is 0.855. The number of hydrogen-bond acceptors (Lipinski definition) is 4. The molecule has 2 rings (SSSR count). The first-order valence-corrected chi connectivity index (χ1v) is 6.82. The van der Waals surface area contributed by atoms with E-state index >= 15 is 0 Å². The average molecular weight is 268 g/mol. The molecule has 0 aromatic heterocycles. The Kier molecular flexibility index (Phi) is 4.49. The van der Waals surface area contributed by atoms with Crippen molar-refractivity contribution in [3.8, 4) is 5.75 Å². The summed E-state index contributed by atoms with van der Waals surface area (Å²) in [5.74, 6) is 0.769. The van der Waals surface area contributed by atoms with Gasteiger partial charge in [-0.3, -0.25) is 0 Å². The van der Waals surface area contributed by atoms with E-state index in [2.05, 4.69) is 0 Å². The lowest BCUT2D eigenvalue weighted by atomic mass is 10.2. The van der Waals surface area contributed by atoms with E-state index < -0.39 is 12.1 Å². The first kappa shape index (κ1) is 13.2. The van der Waals surface area contributed by atoms with Gasteiger partial charge < -0.3 is 14.6 Å². The smallest absolute Gasteiger partial charge is 0.332 e. The van der Waals surface area contributed by atoms with Crippen LogP contribution in [0.2, 0.25) is 0 Å². The Hall–Kier alpha value is -1.20. The van der Waals surface area contributed by atoms with Gasteiger partial charge in [-0.05, 0) is 37.1 Å². The van der Waals surface area contributed by atoms with Gasteiger partial charge in [-0.25, -0.2) is 4.79 Å². The second-order valence-corrected chi connectivity index (χ2v) is 5.24. The summed E-state index contributed by atoms with van der Waals surface area (Å²) in [4.78, 5) is 11.9. The van der Waals surface area contributed by atoms with E-state index in [1.54, 1.807) is 18.9 Å². The molecule has 0 bridgehead atoms. The number of aliphatic carboxylic acids is 1. The molecule has 2 unspecified atom stereocenters. The summed E-state index contributed by atoms with van der Waals surface area (Å²) >= 11 is 1.68. The second-order valence-electron chi connectivity index (χ2n) is 4.15. The van der Waals surface area contributed by atoms with E-state index in [1.165, 1.54) is 0 Å². The van der Waals surface area contributed by atoms with Crippen LogP contribution in [0.5, 0.6) is 5.75 Å². The van der Waals surface area contributed by atoms with Crippen molar-refractivity contribution in [1.29, 1.82) is 0 Å². The summed E-state index contributed by atoms with van der Waals surface area (Å²) in [5, 5.41) is 8.83. The molecule has 1 fully saturated rings. The normalized spacial score (nSPS) is 22.9. The van der Waals surface area contributed by atoms with E-state index in [9.17, 15) is 4.79 Å². The number of carboxylic acids is 1. The minimum atomic E-state index is -0.855. The molecule has 1 aromatic carbocycles. The SMILES string of the molecule is COc1ccc(SCC2CCC(C(=O)O)O2)cc1. The number of hydrogen-bond donors (Lipinski definition) is 1. The van der Waals surface area contributed by atoms with Crippen LogP contribution < -0.4 is 4.74 Å². The van der Waals surface area contributed by atoms with E-state index in [0.717, 1.165) is 22.8 Å². The van der Waals surface area contributed by atoms with Crippen LogP contribution in [0.15, 0.2) is 29.2 Å². The number of benzene rings is 1. The predicted octanol–water partition coefficient (Wildman–Crippen LogP) is 2.42. The highest BCUT2D eigenvalue weighted by Gasteiger charge is 2.30. The molecule has 0 aliphatic carbocycles. The molecule has 1 N–H and O–H groups in total. The molecule has 1 aliphatic heterocycles. The lowest BCUT2D eigenvalue weighted by Crippen LogP contribution is -2.21. The topological polar surface area (TPSA) is 55.8 Å². The van der Waals surface area contributed by atoms with Crippen LogP contribution in [0.1, 0.15) is 12.8 Å². The number of thioether (sulfide) groups is 1. The van der Waals surface area contributed by atoms with Crippen molar-refractivity contribution in [3.05, 3.63) is 24.3 Å². The lowest BCUT2D eigenvalue weighted by molar-refractivity contribution is -0.148. The Morgan fingerprint density at radius 2 is 2.17 bits per heavy atom. The van der Waals surface area contributed by atoms with E-state index in [-0.39, 0.29) is 6.10 Å². The van der Waals surface area contributed by atoms with Crippen molar-refractivity contribution < 1.29 is 19.4 Å². The predicted molar refractivity (Wildman–Crippen MR) is 69.2 cm³/mol. The molecule has 1 aliphatic rings. The van der Waals surface area contributed by atoms with Crippen LogP contribution in [0.25, 0.3) is 0 Å².